The summed E-state index contributed by atoms with van der Waals surface area (Å²) in [6.45, 7) is 0. The molecule has 1 atom stereocenters. The number of hydrogen-bond acceptors (Lipinski definition) is 2. The number of halogens is 1. The van der Waals surface area contributed by atoms with E-state index in [0.717, 1.165) is 12.0 Å². The van der Waals surface area contributed by atoms with Crippen molar-refractivity contribution in [3.8, 4) is 0 Å². The molecule has 0 heterocycles. The van der Waals surface area contributed by atoms with Crippen molar-refractivity contribution in [2.24, 2.45) is 11.8 Å². The first-order chi connectivity index (χ1) is 9.29. The molecular weight excluding hydrogens is 239 g/mol. The van der Waals surface area contributed by atoms with Crippen LogP contribution in [-0.4, -0.2) is 6.04 Å². The summed E-state index contributed by atoms with van der Waals surface area (Å²) >= 11 is 0. The maximum atomic E-state index is 13.2. The molecule has 19 heavy (non-hydrogen) atoms. The van der Waals surface area contributed by atoms with Gasteiger partial charge in [0.2, 0.25) is 0 Å². The van der Waals surface area contributed by atoms with Crippen LogP contribution in [0.4, 0.5) is 4.39 Å². The molecule has 0 bridgehead atoms. The lowest BCUT2D eigenvalue weighted by Crippen LogP contribution is -2.42. The number of hydrazine groups is 1. The second-order valence-corrected chi connectivity index (χ2v) is 5.71. The van der Waals surface area contributed by atoms with Gasteiger partial charge in [-0.25, -0.2) is 4.39 Å². The second-order valence-electron chi connectivity index (χ2n) is 5.71. The van der Waals surface area contributed by atoms with E-state index >= 15 is 0 Å². The number of nitrogens with two attached hydrogens (primary N) is 1. The van der Waals surface area contributed by atoms with Gasteiger partial charge in [-0.1, -0.05) is 44.2 Å². The summed E-state index contributed by atoms with van der Waals surface area (Å²) < 4.78 is 13.2. The zero-order valence-corrected chi connectivity index (χ0v) is 11.6. The van der Waals surface area contributed by atoms with E-state index in [9.17, 15) is 4.39 Å². The molecule has 3 heteroatoms. The molecule has 3 N–H and O–H groups in total. The molecular formula is C16H25FN2. The smallest absolute Gasteiger partial charge is 0.123 e. The number of hydrogen-bond donors (Lipinski definition) is 2. The topological polar surface area (TPSA) is 38.0 Å². The minimum absolute atomic E-state index is 0.161. The van der Waals surface area contributed by atoms with Gasteiger partial charge in [-0.05, 0) is 42.9 Å². The highest BCUT2D eigenvalue weighted by molar-refractivity contribution is 5.17. The van der Waals surface area contributed by atoms with Gasteiger partial charge in [-0.3, -0.25) is 11.3 Å². The predicted octanol–water partition coefficient (Wildman–Crippen LogP) is 3.56. The first-order valence-corrected chi connectivity index (χ1v) is 7.50. The van der Waals surface area contributed by atoms with Gasteiger partial charge in [0.15, 0.2) is 0 Å². The van der Waals surface area contributed by atoms with Crippen molar-refractivity contribution >= 4 is 0 Å². The van der Waals surface area contributed by atoms with Gasteiger partial charge in [0, 0.05) is 6.04 Å². The van der Waals surface area contributed by atoms with Crippen molar-refractivity contribution in [2.45, 2.75) is 57.4 Å². The Balaban J connectivity index is 1.97. The molecule has 106 valence electrons. The van der Waals surface area contributed by atoms with Gasteiger partial charge in [0.1, 0.15) is 5.82 Å². The highest BCUT2D eigenvalue weighted by Crippen LogP contribution is 2.26. The van der Waals surface area contributed by atoms with Crippen molar-refractivity contribution in [3.63, 3.8) is 0 Å². The van der Waals surface area contributed by atoms with E-state index in [1.54, 1.807) is 12.1 Å². The predicted molar refractivity (Wildman–Crippen MR) is 77.0 cm³/mol. The van der Waals surface area contributed by atoms with Crippen LogP contribution in [0.5, 0.6) is 0 Å². The molecule has 1 aliphatic rings. The Kier molecular flexibility index (Phi) is 5.80. The fraction of sp³-hybridized carbons (Fsp3) is 0.625. The molecule has 1 unspecified atom stereocenters. The zero-order valence-electron chi connectivity index (χ0n) is 11.6. The van der Waals surface area contributed by atoms with Crippen molar-refractivity contribution in [1.82, 2.24) is 5.43 Å². The first kappa shape index (κ1) is 14.5. The van der Waals surface area contributed by atoms with Gasteiger partial charge in [0.25, 0.3) is 0 Å². The van der Waals surface area contributed by atoms with Crippen molar-refractivity contribution in [3.05, 3.63) is 35.6 Å². The van der Waals surface area contributed by atoms with Crippen LogP contribution >= 0.6 is 0 Å². The van der Waals surface area contributed by atoms with E-state index in [-0.39, 0.29) is 11.9 Å². The second kappa shape index (κ2) is 7.61. The van der Waals surface area contributed by atoms with Crippen LogP contribution in [-0.2, 0) is 6.42 Å². The standard InChI is InChI=1S/C16H25FN2/c17-15-10-6-7-13(11-15)12-16(19-18)14-8-4-2-1-3-5-9-14/h6-7,10-11,14,16,19H,1-5,8-9,12,18H2. The Morgan fingerprint density at radius 1 is 1.16 bits per heavy atom. The summed E-state index contributed by atoms with van der Waals surface area (Å²) in [5.41, 5.74) is 4.00. The van der Waals surface area contributed by atoms with Gasteiger partial charge < -0.3 is 0 Å². The average molecular weight is 264 g/mol. The molecule has 2 nitrogen and oxygen atoms in total. The van der Waals surface area contributed by atoms with Crippen LogP contribution in [0.15, 0.2) is 24.3 Å². The Hall–Kier alpha value is -0.930. The van der Waals surface area contributed by atoms with Crippen molar-refractivity contribution < 1.29 is 4.39 Å². The SMILES string of the molecule is NNC(Cc1cccc(F)c1)C1CCCCCCC1. The van der Waals surface area contributed by atoms with Crippen molar-refractivity contribution in [2.75, 3.05) is 0 Å². The van der Waals surface area contributed by atoms with Crippen LogP contribution in [0.3, 0.4) is 0 Å². The third-order valence-corrected chi connectivity index (χ3v) is 4.28. The van der Waals surface area contributed by atoms with Crippen LogP contribution in [0.25, 0.3) is 0 Å². The van der Waals surface area contributed by atoms with E-state index in [1.807, 2.05) is 6.07 Å². The van der Waals surface area contributed by atoms with E-state index in [4.69, 9.17) is 5.84 Å². The fourth-order valence-corrected chi connectivity index (χ4v) is 3.17. The molecule has 1 fully saturated rings. The summed E-state index contributed by atoms with van der Waals surface area (Å²) in [5, 5.41) is 0. The van der Waals surface area contributed by atoms with Crippen molar-refractivity contribution in [1.29, 1.82) is 0 Å². The molecule has 1 saturated carbocycles. The molecule has 0 aliphatic heterocycles. The van der Waals surface area contributed by atoms with Gasteiger partial charge in [0.05, 0.1) is 0 Å². The maximum Gasteiger partial charge on any atom is 0.123 e. The van der Waals surface area contributed by atoms with E-state index < -0.39 is 0 Å². The highest BCUT2D eigenvalue weighted by Gasteiger charge is 2.21. The average Bonchev–Trinajstić information content (AvgIpc) is 2.36. The highest BCUT2D eigenvalue weighted by atomic mass is 19.1. The molecule has 0 radical (unpaired) electrons. The van der Waals surface area contributed by atoms with Gasteiger partial charge in [-0.15, -0.1) is 0 Å². The quantitative estimate of drug-likeness (QED) is 0.644. The lowest BCUT2D eigenvalue weighted by molar-refractivity contribution is 0.285. The number of rotatable bonds is 4. The zero-order chi connectivity index (χ0) is 13.5. The molecule has 0 saturated heterocycles. The fourth-order valence-electron chi connectivity index (χ4n) is 3.17. The van der Waals surface area contributed by atoms with Crippen LogP contribution in [0, 0.1) is 11.7 Å². The Labute approximate surface area is 115 Å². The van der Waals surface area contributed by atoms with E-state index in [1.165, 1.54) is 51.0 Å². The number of benzene rings is 1. The van der Waals surface area contributed by atoms with E-state index in [0.29, 0.717) is 5.92 Å². The Bertz CT molecular complexity index is 373. The largest absolute Gasteiger partial charge is 0.271 e. The summed E-state index contributed by atoms with van der Waals surface area (Å²) in [6.07, 6.45) is 9.95. The minimum atomic E-state index is -0.161. The van der Waals surface area contributed by atoms with Gasteiger partial charge >= 0.3 is 0 Å². The van der Waals surface area contributed by atoms with Gasteiger partial charge in [-0.2, -0.15) is 0 Å². The lowest BCUT2D eigenvalue weighted by atomic mass is 9.83. The summed E-state index contributed by atoms with van der Waals surface area (Å²) in [4.78, 5) is 0. The summed E-state index contributed by atoms with van der Waals surface area (Å²) in [6, 6.07) is 7.13. The molecule has 0 amide bonds. The van der Waals surface area contributed by atoms with Crippen LogP contribution in [0.1, 0.15) is 50.5 Å². The molecule has 0 aromatic heterocycles. The lowest BCUT2D eigenvalue weighted by Gasteiger charge is -2.28. The van der Waals surface area contributed by atoms with E-state index in [2.05, 4.69) is 5.43 Å². The summed E-state index contributed by atoms with van der Waals surface area (Å²) in [7, 11) is 0. The molecule has 1 aromatic rings. The molecule has 0 spiro atoms. The maximum absolute atomic E-state index is 13.2. The summed E-state index contributed by atoms with van der Waals surface area (Å²) in [5.74, 6) is 6.19. The minimum Gasteiger partial charge on any atom is -0.271 e. The Morgan fingerprint density at radius 2 is 1.84 bits per heavy atom. The normalized spacial score (nSPS) is 19.7. The monoisotopic (exact) mass is 264 g/mol. The molecule has 2 rings (SSSR count). The Morgan fingerprint density at radius 3 is 2.47 bits per heavy atom. The third kappa shape index (κ3) is 4.59. The molecule has 1 aliphatic carbocycles. The molecule has 1 aromatic carbocycles. The first-order valence-electron chi connectivity index (χ1n) is 7.50. The van der Waals surface area contributed by atoms with Crippen LogP contribution < -0.4 is 11.3 Å². The third-order valence-electron chi connectivity index (χ3n) is 4.28. The van der Waals surface area contributed by atoms with Crippen LogP contribution in [0.2, 0.25) is 0 Å². The number of nitrogens with one attached hydrogen (secondary N) is 1.